The van der Waals surface area contributed by atoms with E-state index in [1.807, 2.05) is 46.3 Å². The number of hydrogen-bond donors (Lipinski definition) is 1. The number of carbonyl (C=O) groups excluding carboxylic acids is 2. The third-order valence-electron chi connectivity index (χ3n) is 5.00. The van der Waals surface area contributed by atoms with E-state index in [2.05, 4.69) is 4.98 Å². The third-order valence-corrected chi connectivity index (χ3v) is 5.00. The number of H-pyrrole nitrogens is 1. The number of benzene rings is 1. The summed E-state index contributed by atoms with van der Waals surface area (Å²) in [4.78, 5) is 31.9. The molecule has 1 N–H and O–H groups in total. The Labute approximate surface area is 157 Å². The van der Waals surface area contributed by atoms with Gasteiger partial charge < -0.3 is 24.3 Å². The number of rotatable bonds is 4. The highest BCUT2D eigenvalue weighted by Gasteiger charge is 2.23. The lowest BCUT2D eigenvalue weighted by Crippen LogP contribution is -2.38. The summed E-state index contributed by atoms with van der Waals surface area (Å²) in [5.41, 5.74) is 1.83. The molecule has 2 aliphatic heterocycles. The van der Waals surface area contributed by atoms with E-state index >= 15 is 0 Å². The molecule has 2 aromatic rings. The second kappa shape index (κ2) is 7.73. The van der Waals surface area contributed by atoms with Gasteiger partial charge in [0, 0.05) is 38.1 Å². The average Bonchev–Trinajstić information content (AvgIpc) is 3.27. The van der Waals surface area contributed by atoms with E-state index in [1.165, 1.54) is 0 Å². The number of carbonyl (C=O) groups is 2. The van der Waals surface area contributed by atoms with Gasteiger partial charge in [-0.15, -0.1) is 0 Å². The van der Waals surface area contributed by atoms with Gasteiger partial charge in [0.05, 0.1) is 12.8 Å². The number of fused-ring (bicyclic) bond motifs is 1. The first-order valence-corrected chi connectivity index (χ1v) is 9.25. The van der Waals surface area contributed by atoms with E-state index in [0.717, 1.165) is 23.4 Å². The minimum absolute atomic E-state index is 0.0764. The second-order valence-corrected chi connectivity index (χ2v) is 6.85. The fourth-order valence-electron chi connectivity index (χ4n) is 3.51. The average molecular weight is 369 g/mol. The molecule has 4 rings (SSSR count). The van der Waals surface area contributed by atoms with E-state index < -0.39 is 0 Å². The Balaban J connectivity index is 1.32. The van der Waals surface area contributed by atoms with Crippen molar-refractivity contribution in [3.63, 3.8) is 0 Å². The standard InChI is InChI=1S/C20H23N3O4/c24-19(12-15-4-5-17-18(11-15)27-14-26-17)22-7-2-8-23(10-9-22)20(25)13-16-3-1-6-21-16/h1,3-6,11,21H,2,7-10,12-14H2. The van der Waals surface area contributed by atoms with Crippen molar-refractivity contribution in [3.8, 4) is 11.5 Å². The Hall–Kier alpha value is -2.96. The van der Waals surface area contributed by atoms with Crippen LogP contribution in [0.5, 0.6) is 11.5 Å². The van der Waals surface area contributed by atoms with Crippen LogP contribution in [0.3, 0.4) is 0 Å². The zero-order chi connectivity index (χ0) is 18.6. The molecule has 0 saturated carbocycles. The SMILES string of the molecule is O=C(Cc1ccc2c(c1)OCO2)N1CCCN(C(=O)Cc2ccc[nH]2)CC1. The highest BCUT2D eigenvalue weighted by atomic mass is 16.7. The first kappa shape index (κ1) is 17.5. The lowest BCUT2D eigenvalue weighted by Gasteiger charge is -2.22. The molecule has 0 spiro atoms. The van der Waals surface area contributed by atoms with Crippen LogP contribution in [-0.2, 0) is 22.4 Å². The number of amides is 2. The summed E-state index contributed by atoms with van der Waals surface area (Å²) in [6, 6.07) is 9.41. The van der Waals surface area contributed by atoms with Crippen LogP contribution in [-0.4, -0.2) is 59.6 Å². The number of aromatic amines is 1. The molecular weight excluding hydrogens is 346 g/mol. The molecular formula is C20H23N3O4. The van der Waals surface area contributed by atoms with Gasteiger partial charge in [0.1, 0.15) is 0 Å². The maximum absolute atomic E-state index is 12.7. The fourth-order valence-corrected chi connectivity index (χ4v) is 3.51. The molecule has 1 fully saturated rings. The lowest BCUT2D eigenvalue weighted by molar-refractivity contribution is -0.132. The molecule has 1 saturated heterocycles. The van der Waals surface area contributed by atoms with Crippen molar-refractivity contribution in [2.45, 2.75) is 19.3 Å². The van der Waals surface area contributed by atoms with Crippen molar-refractivity contribution in [1.29, 1.82) is 0 Å². The van der Waals surface area contributed by atoms with Gasteiger partial charge in [-0.2, -0.15) is 0 Å². The largest absolute Gasteiger partial charge is 0.454 e. The Morgan fingerprint density at radius 3 is 2.41 bits per heavy atom. The van der Waals surface area contributed by atoms with Gasteiger partial charge in [-0.1, -0.05) is 6.07 Å². The third kappa shape index (κ3) is 4.07. The maximum Gasteiger partial charge on any atom is 0.231 e. The van der Waals surface area contributed by atoms with Crippen LogP contribution < -0.4 is 9.47 Å². The van der Waals surface area contributed by atoms with Crippen molar-refractivity contribution in [3.05, 3.63) is 47.8 Å². The van der Waals surface area contributed by atoms with Crippen LogP contribution >= 0.6 is 0 Å². The van der Waals surface area contributed by atoms with Crippen molar-refractivity contribution in [2.24, 2.45) is 0 Å². The van der Waals surface area contributed by atoms with Gasteiger partial charge in [0.25, 0.3) is 0 Å². The molecule has 2 aliphatic rings. The van der Waals surface area contributed by atoms with Gasteiger partial charge in [-0.25, -0.2) is 0 Å². The van der Waals surface area contributed by atoms with Crippen LogP contribution in [0.2, 0.25) is 0 Å². The Bertz CT molecular complexity index is 819. The summed E-state index contributed by atoms with van der Waals surface area (Å²) in [6.07, 6.45) is 3.32. The van der Waals surface area contributed by atoms with Crippen LogP contribution in [0.15, 0.2) is 36.5 Å². The van der Waals surface area contributed by atoms with Crippen LogP contribution in [0, 0.1) is 0 Å². The van der Waals surface area contributed by atoms with E-state index in [0.29, 0.717) is 44.8 Å². The first-order valence-electron chi connectivity index (χ1n) is 9.25. The number of nitrogens with zero attached hydrogens (tertiary/aromatic N) is 2. The smallest absolute Gasteiger partial charge is 0.231 e. The molecule has 0 bridgehead atoms. The zero-order valence-corrected chi connectivity index (χ0v) is 15.1. The fraction of sp³-hybridized carbons (Fsp3) is 0.400. The van der Waals surface area contributed by atoms with Gasteiger partial charge in [0.15, 0.2) is 11.5 Å². The van der Waals surface area contributed by atoms with Gasteiger partial charge in [0.2, 0.25) is 18.6 Å². The minimum atomic E-state index is 0.0764. The molecule has 0 aliphatic carbocycles. The molecule has 7 nitrogen and oxygen atoms in total. The van der Waals surface area contributed by atoms with E-state index in [-0.39, 0.29) is 18.6 Å². The summed E-state index contributed by atoms with van der Waals surface area (Å²) in [5, 5.41) is 0. The molecule has 0 unspecified atom stereocenters. The van der Waals surface area contributed by atoms with Gasteiger partial charge >= 0.3 is 0 Å². The molecule has 0 atom stereocenters. The van der Waals surface area contributed by atoms with Gasteiger partial charge in [-0.3, -0.25) is 9.59 Å². The van der Waals surface area contributed by atoms with E-state index in [9.17, 15) is 9.59 Å². The summed E-state index contributed by atoms with van der Waals surface area (Å²) in [5.74, 6) is 1.59. The zero-order valence-electron chi connectivity index (χ0n) is 15.1. The maximum atomic E-state index is 12.7. The first-order chi connectivity index (χ1) is 13.2. The molecule has 1 aromatic heterocycles. The molecule has 3 heterocycles. The molecule has 142 valence electrons. The molecule has 0 radical (unpaired) electrons. The number of aromatic nitrogens is 1. The Kier molecular flexibility index (Phi) is 5.00. The normalized spacial score (nSPS) is 16.3. The molecule has 27 heavy (non-hydrogen) atoms. The highest BCUT2D eigenvalue weighted by molar-refractivity contribution is 5.80. The van der Waals surface area contributed by atoms with E-state index in [1.54, 1.807) is 0 Å². The van der Waals surface area contributed by atoms with Gasteiger partial charge in [-0.05, 0) is 36.2 Å². The lowest BCUT2D eigenvalue weighted by atomic mass is 10.1. The van der Waals surface area contributed by atoms with Crippen molar-refractivity contribution in [2.75, 3.05) is 33.0 Å². The van der Waals surface area contributed by atoms with Crippen molar-refractivity contribution < 1.29 is 19.1 Å². The quantitative estimate of drug-likeness (QED) is 0.888. The molecule has 1 aromatic carbocycles. The topological polar surface area (TPSA) is 74.9 Å². The van der Waals surface area contributed by atoms with Crippen molar-refractivity contribution >= 4 is 11.8 Å². The van der Waals surface area contributed by atoms with Crippen LogP contribution in [0.4, 0.5) is 0 Å². The predicted molar refractivity (Wildman–Crippen MR) is 98.5 cm³/mol. The monoisotopic (exact) mass is 369 g/mol. The molecule has 7 heteroatoms. The Morgan fingerprint density at radius 2 is 1.67 bits per heavy atom. The summed E-state index contributed by atoms with van der Waals surface area (Å²) < 4.78 is 10.7. The predicted octanol–water partition coefficient (Wildman–Crippen LogP) is 1.59. The number of nitrogens with one attached hydrogen (secondary N) is 1. The van der Waals surface area contributed by atoms with Crippen LogP contribution in [0.25, 0.3) is 0 Å². The molecule has 2 amide bonds. The summed E-state index contributed by atoms with van der Waals surface area (Å²) in [7, 11) is 0. The number of ether oxygens (including phenoxy) is 2. The van der Waals surface area contributed by atoms with Crippen LogP contribution in [0.1, 0.15) is 17.7 Å². The summed E-state index contributed by atoms with van der Waals surface area (Å²) >= 11 is 0. The van der Waals surface area contributed by atoms with Crippen molar-refractivity contribution in [1.82, 2.24) is 14.8 Å². The minimum Gasteiger partial charge on any atom is -0.454 e. The second-order valence-electron chi connectivity index (χ2n) is 6.85. The Morgan fingerprint density at radius 1 is 0.926 bits per heavy atom. The number of hydrogen-bond acceptors (Lipinski definition) is 4. The van der Waals surface area contributed by atoms with E-state index in [4.69, 9.17) is 9.47 Å². The summed E-state index contributed by atoms with van der Waals surface area (Å²) in [6.45, 7) is 2.74. The highest BCUT2D eigenvalue weighted by Crippen LogP contribution is 2.32.